The first-order valence-corrected chi connectivity index (χ1v) is 5.76. The summed E-state index contributed by atoms with van der Waals surface area (Å²) < 4.78 is 11.0. The van der Waals surface area contributed by atoms with Crippen molar-refractivity contribution in [1.29, 1.82) is 0 Å². The number of rotatable bonds is 0. The first-order chi connectivity index (χ1) is 7.58. The van der Waals surface area contributed by atoms with Crippen LogP contribution in [-0.4, -0.2) is 30.4 Å². The van der Waals surface area contributed by atoms with Crippen LogP contribution in [0.2, 0.25) is 0 Å². The van der Waals surface area contributed by atoms with Gasteiger partial charge < -0.3 is 19.6 Å². The Kier molecular flexibility index (Phi) is 5.41. The van der Waals surface area contributed by atoms with E-state index in [1.54, 1.807) is 0 Å². The van der Waals surface area contributed by atoms with E-state index in [4.69, 9.17) is 9.47 Å². The third-order valence-corrected chi connectivity index (χ3v) is 4.47. The van der Waals surface area contributed by atoms with Crippen molar-refractivity contribution in [3.05, 3.63) is 17.5 Å². The number of hydrogen-bond donors (Lipinski definition) is 0. The van der Waals surface area contributed by atoms with Crippen LogP contribution in [0.5, 0.6) is 0 Å². The van der Waals surface area contributed by atoms with Gasteiger partial charge in [0.2, 0.25) is 0 Å². The number of carbonyl (C=O) groups excluding carboxylic acids is 1. The van der Waals surface area contributed by atoms with Crippen molar-refractivity contribution in [2.75, 3.05) is 13.4 Å². The molecule has 2 spiro atoms. The normalized spacial score (nSPS) is 45.1. The second-order valence-electron chi connectivity index (χ2n) is 5.15. The molecule has 1 amide bonds. The van der Waals surface area contributed by atoms with Gasteiger partial charge in [0, 0.05) is 53.8 Å². The average molecular weight is 495 g/mol. The molecule has 3 aliphatic rings. The maximum Gasteiger partial charge on any atom is 0.148 e. The Balaban J connectivity index is 0.000000810. The molecule has 2 heterocycles. The van der Waals surface area contributed by atoms with Crippen LogP contribution in [0.4, 0.5) is 0 Å². The van der Waals surface area contributed by atoms with Gasteiger partial charge in [0.15, 0.2) is 0 Å². The molecule has 0 bridgehead atoms. The average Bonchev–Trinajstić information content (AvgIpc) is 2.68. The molecule has 0 N–H and O–H groups in total. The Morgan fingerprint density at radius 3 is 2.50 bits per heavy atom. The molecule has 3 rings (SSSR count). The van der Waals surface area contributed by atoms with Crippen molar-refractivity contribution in [2.24, 2.45) is 11.8 Å². The van der Waals surface area contributed by atoms with Crippen LogP contribution in [-0.2, 0) is 68.0 Å². The predicted molar refractivity (Wildman–Crippen MR) is 57.8 cm³/mol. The topological polar surface area (TPSA) is 49.6 Å². The molecule has 0 aromatic rings. The molecule has 0 saturated carbocycles. The van der Waals surface area contributed by atoms with E-state index in [2.05, 4.69) is 25.2 Å². The quantitative estimate of drug-likeness (QED) is 0.380. The van der Waals surface area contributed by atoms with Crippen LogP contribution >= 0.6 is 0 Å². The third kappa shape index (κ3) is 2.33. The van der Waals surface area contributed by atoms with E-state index in [1.807, 2.05) is 6.08 Å². The van der Waals surface area contributed by atoms with E-state index in [0.29, 0.717) is 31.7 Å². The van der Waals surface area contributed by atoms with Crippen LogP contribution in [0.1, 0.15) is 20.3 Å². The summed E-state index contributed by atoms with van der Waals surface area (Å²) in [7, 11) is 0. The molecule has 18 heavy (non-hydrogen) atoms. The van der Waals surface area contributed by atoms with Crippen molar-refractivity contribution in [2.45, 2.75) is 31.4 Å². The molecule has 0 aromatic carbocycles. The Morgan fingerprint density at radius 1 is 1.33 bits per heavy atom. The molecule has 2 saturated heterocycles. The van der Waals surface area contributed by atoms with Gasteiger partial charge in [0.1, 0.15) is 12.4 Å². The number of β-lactam (4-membered cyclic amide) rings is 1. The zero-order valence-corrected chi connectivity index (χ0v) is 16.4. The molecule has 1 radical (unpaired) electrons. The van der Waals surface area contributed by atoms with E-state index >= 15 is 0 Å². The molecule has 4 atom stereocenters. The van der Waals surface area contributed by atoms with Crippen molar-refractivity contribution >= 4 is 5.91 Å². The van der Waals surface area contributed by atoms with Gasteiger partial charge in [-0.25, -0.2) is 0 Å². The minimum atomic E-state index is -0.293. The Hall–Kier alpha value is 0.922. The summed E-state index contributed by atoms with van der Waals surface area (Å²) >= 11 is 0. The zero-order valence-electron chi connectivity index (χ0n) is 10.6. The maximum absolute atomic E-state index is 11.1. The van der Waals surface area contributed by atoms with E-state index in [-0.39, 0.29) is 70.8 Å². The first-order valence-electron chi connectivity index (χ1n) is 5.76. The first kappa shape index (κ1) is 17.0. The van der Waals surface area contributed by atoms with E-state index < -0.39 is 0 Å². The second-order valence-corrected chi connectivity index (χ2v) is 5.15. The molecule has 0 aromatic heterocycles. The smallest absolute Gasteiger partial charge is 0.148 e. The van der Waals surface area contributed by atoms with Crippen LogP contribution in [0, 0.1) is 11.8 Å². The molecule has 97 valence electrons. The van der Waals surface area contributed by atoms with Crippen molar-refractivity contribution < 1.29 is 68.0 Å². The molecule has 2 aliphatic heterocycles. The van der Waals surface area contributed by atoms with E-state index in [1.165, 1.54) is 0 Å². The third-order valence-electron chi connectivity index (χ3n) is 4.47. The zero-order chi connectivity index (χ0) is 11.4. The maximum atomic E-state index is 11.1. The Morgan fingerprint density at radius 2 is 2.00 bits per heavy atom. The fraction of sp³-hybridized carbons (Fsp3) is 0.750. The Labute approximate surface area is 147 Å². The van der Waals surface area contributed by atoms with E-state index in [9.17, 15) is 4.79 Å². The van der Waals surface area contributed by atoms with E-state index in [0.717, 1.165) is 0 Å². The van der Waals surface area contributed by atoms with Gasteiger partial charge in [0.05, 0.1) is 12.5 Å². The van der Waals surface area contributed by atoms with Crippen LogP contribution in [0.15, 0.2) is 12.2 Å². The molecule has 1 unspecified atom stereocenters. The number of ether oxygens (including phenoxy) is 2. The second kappa shape index (κ2) is 5.73. The number of nitrogens with zero attached hydrogens (tertiary/aromatic N) is 1. The van der Waals surface area contributed by atoms with Gasteiger partial charge in [-0.1, -0.05) is 31.5 Å². The molecular formula is C12H16NO3WY-. The van der Waals surface area contributed by atoms with Crippen molar-refractivity contribution in [3.63, 3.8) is 0 Å². The van der Waals surface area contributed by atoms with Crippen molar-refractivity contribution in [3.8, 4) is 0 Å². The summed E-state index contributed by atoms with van der Waals surface area (Å²) in [6, 6.07) is 0. The molecule has 6 heteroatoms. The largest absolute Gasteiger partial charge is 0.644 e. The van der Waals surface area contributed by atoms with Gasteiger partial charge in [-0.2, -0.15) is 0 Å². The molecular weight excluding hydrogens is 479 g/mol. The molecule has 1 aliphatic carbocycles. The van der Waals surface area contributed by atoms with Crippen molar-refractivity contribution in [1.82, 2.24) is 0 Å². The number of amides is 1. The Bertz CT molecular complexity index is 360. The van der Waals surface area contributed by atoms with Gasteiger partial charge in [-0.3, -0.25) is 0 Å². The number of hydrogen-bond acceptors (Lipinski definition) is 3. The summed E-state index contributed by atoms with van der Waals surface area (Å²) in [6.45, 7) is 5.28. The monoisotopic (exact) mass is 495 g/mol. The summed E-state index contributed by atoms with van der Waals surface area (Å²) in [5.41, 5.74) is -0.549. The summed E-state index contributed by atoms with van der Waals surface area (Å²) in [5, 5.41) is 4.18. The van der Waals surface area contributed by atoms with Gasteiger partial charge in [0.25, 0.3) is 0 Å². The number of carbonyl (C=O) groups is 1. The summed E-state index contributed by atoms with van der Waals surface area (Å²) in [5.74, 6) is 0.650. The fourth-order valence-corrected chi connectivity index (χ4v) is 3.02. The minimum absolute atomic E-state index is 0. The SMILES string of the molecule is C[C@@H]1[C@H](C)[C@@]2(C=CC13CC(=O)[N-]3)COCO2.[W].[Y]. The minimum Gasteiger partial charge on any atom is -0.644 e. The molecule has 4 nitrogen and oxygen atoms in total. The van der Waals surface area contributed by atoms with Crippen LogP contribution < -0.4 is 0 Å². The summed E-state index contributed by atoms with van der Waals surface area (Å²) in [4.78, 5) is 11.1. The fourth-order valence-electron chi connectivity index (χ4n) is 3.02. The molecule has 2 fully saturated rings. The van der Waals surface area contributed by atoms with Gasteiger partial charge in [-0.15, -0.1) is 0 Å². The van der Waals surface area contributed by atoms with Gasteiger partial charge >= 0.3 is 0 Å². The predicted octanol–water partition coefficient (Wildman–Crippen LogP) is 1.61. The standard InChI is InChI=1S/C12H17NO3.W.Y/c1-8-9(2)12(6-15-7-16-12)4-3-11(8)5-10(14)13-11;;/h3-4,8-9H,5-7H2,1-2H3,(H,13,14);;/p-1/t8-,9+,11?,12-;;/m1../s1. The van der Waals surface area contributed by atoms with Crippen LogP contribution in [0.3, 0.4) is 0 Å². The summed E-state index contributed by atoms with van der Waals surface area (Å²) in [6.07, 6.45) is 4.65. The van der Waals surface area contributed by atoms with Gasteiger partial charge in [-0.05, 0) is 18.3 Å². The van der Waals surface area contributed by atoms with Crippen LogP contribution in [0.25, 0.3) is 5.32 Å².